The molecule has 7 heavy (non-hydrogen) atoms. The molecule has 0 atom stereocenters. The fourth-order valence-electron chi connectivity index (χ4n) is 0. The summed E-state index contributed by atoms with van der Waals surface area (Å²) >= 11 is -1.92. The van der Waals surface area contributed by atoms with E-state index in [-0.39, 0.29) is 49.6 Å². The number of hydrogen-bond donors (Lipinski definition) is 1. The first-order valence-corrected chi connectivity index (χ1v) is 2.65. The average molecular weight is 365 g/mol. The van der Waals surface area contributed by atoms with Crippen molar-refractivity contribution in [1.82, 2.24) is 0 Å². The molecule has 7 heteroatoms. The van der Waals surface area contributed by atoms with Gasteiger partial charge in [-0.05, 0) is 0 Å². The zero-order valence-corrected chi connectivity index (χ0v) is 8.85. The van der Waals surface area contributed by atoms with Crippen LogP contribution in [0.4, 0.5) is 0 Å². The van der Waals surface area contributed by atoms with Crippen molar-refractivity contribution >= 4 is 49.6 Å². The van der Waals surface area contributed by atoms with Crippen LogP contribution in [0.25, 0.3) is 0 Å². The molecule has 0 amide bonds. The van der Waals surface area contributed by atoms with E-state index in [0.717, 1.165) is 0 Å². The van der Waals surface area contributed by atoms with E-state index in [9.17, 15) is 0 Å². The molecule has 0 saturated heterocycles. The van der Waals surface area contributed by atoms with Gasteiger partial charge in [-0.15, -0.1) is 49.6 Å². The molecule has 0 rings (SSSR count). The molecule has 0 heterocycles. The van der Waals surface area contributed by atoms with Crippen LogP contribution in [-0.4, -0.2) is 3.83 Å². The van der Waals surface area contributed by atoms with E-state index in [1.165, 1.54) is 0 Å². The first kappa shape index (κ1) is 38.4. The molecule has 0 spiro atoms. The van der Waals surface area contributed by atoms with Gasteiger partial charge in [-0.2, -0.15) is 0 Å². The summed E-state index contributed by atoms with van der Waals surface area (Å²) in [5, 5.41) is 0. The van der Waals surface area contributed by atoms with Gasteiger partial charge in [0.05, 0.1) is 0 Å². The van der Waals surface area contributed by atoms with Crippen LogP contribution >= 0.6 is 49.6 Å². The van der Waals surface area contributed by atoms with Gasteiger partial charge in [-0.3, -0.25) is 0 Å². The molecule has 0 aromatic rings. The van der Waals surface area contributed by atoms with Crippen molar-refractivity contribution < 1.29 is 25.6 Å². The summed E-state index contributed by atoms with van der Waals surface area (Å²) in [5.74, 6) is 0. The van der Waals surface area contributed by atoms with Gasteiger partial charge in [0.1, 0.15) is 0 Å². The van der Waals surface area contributed by atoms with E-state index in [0.29, 0.717) is 0 Å². The van der Waals surface area contributed by atoms with Crippen molar-refractivity contribution in [2.45, 2.75) is 0 Å². The van der Waals surface area contributed by atoms with Crippen LogP contribution in [0.2, 0.25) is 0 Å². The minimum absolute atomic E-state index is 0. The molecular weight excluding hydrogens is 360 g/mol. The fraction of sp³-hybridized carbons (Fsp3) is 0. The molecule has 0 unspecified atom stereocenters. The van der Waals surface area contributed by atoms with Gasteiger partial charge in [0.25, 0.3) is 0 Å². The minimum atomic E-state index is -1.92. The van der Waals surface area contributed by atoms with E-state index in [2.05, 4.69) is 0 Å². The molecule has 0 saturated carbocycles. The maximum atomic E-state index is 8.64. The Labute approximate surface area is 75.0 Å². The molecule has 0 aromatic heterocycles. The van der Waals surface area contributed by atoms with Gasteiger partial charge in [0, 0.05) is 0 Å². The van der Waals surface area contributed by atoms with Crippen molar-refractivity contribution in [3.8, 4) is 0 Å². The van der Waals surface area contributed by atoms with Gasteiger partial charge in [-0.1, -0.05) is 0 Å². The summed E-state index contributed by atoms with van der Waals surface area (Å²) < 4.78 is 15.8. The zero-order chi connectivity index (χ0) is 2.71. The molecule has 2 nitrogen and oxygen atoms in total. The van der Waals surface area contributed by atoms with Gasteiger partial charge >= 0.3 is 25.6 Å². The second-order valence-electron chi connectivity index (χ2n) is 0.0690. The maximum absolute atomic E-state index is 8.64. The summed E-state index contributed by atoms with van der Waals surface area (Å²) in [6.45, 7) is 0. The molecular formula is H5Cl4O2Re. The second-order valence-corrected chi connectivity index (χ2v) is 0.565. The van der Waals surface area contributed by atoms with Crippen LogP contribution in [0.15, 0.2) is 0 Å². The SMILES string of the molecule is Cl.Cl.Cl.Cl.[O]=[Re][OH]. The molecule has 0 fully saturated rings. The third kappa shape index (κ3) is 94.4. The van der Waals surface area contributed by atoms with Crippen LogP contribution in [-0.2, 0) is 21.8 Å². The topological polar surface area (TPSA) is 37.3 Å². The Morgan fingerprint density at radius 2 is 1.00 bits per heavy atom. The third-order valence-electron chi connectivity index (χ3n) is 0. The molecule has 0 aliphatic rings. The number of rotatable bonds is 0. The van der Waals surface area contributed by atoms with E-state index in [1.807, 2.05) is 0 Å². The molecule has 52 valence electrons. The van der Waals surface area contributed by atoms with Crippen LogP contribution in [0.3, 0.4) is 0 Å². The van der Waals surface area contributed by atoms with Crippen molar-refractivity contribution in [2.24, 2.45) is 0 Å². The van der Waals surface area contributed by atoms with Crippen molar-refractivity contribution in [2.75, 3.05) is 0 Å². The van der Waals surface area contributed by atoms with Crippen LogP contribution < -0.4 is 0 Å². The zero-order valence-electron chi connectivity index (χ0n) is 2.87. The predicted molar refractivity (Wildman–Crippen MR) is 31.9 cm³/mol. The van der Waals surface area contributed by atoms with Gasteiger partial charge < -0.3 is 0 Å². The third-order valence-corrected chi connectivity index (χ3v) is 0. The first-order valence-electron chi connectivity index (χ1n) is 0.323. The normalized spacial score (nSPS) is 2.43. The Morgan fingerprint density at radius 3 is 1.00 bits per heavy atom. The molecule has 0 aliphatic carbocycles. The molecule has 0 radical (unpaired) electrons. The predicted octanol–water partition coefficient (Wildman–Crippen LogP) is 1.01. The molecule has 1 N–H and O–H groups in total. The summed E-state index contributed by atoms with van der Waals surface area (Å²) in [6, 6.07) is 0. The van der Waals surface area contributed by atoms with Crippen LogP contribution in [0.5, 0.6) is 0 Å². The van der Waals surface area contributed by atoms with Gasteiger partial charge in [-0.25, -0.2) is 0 Å². The van der Waals surface area contributed by atoms with Crippen LogP contribution in [0.1, 0.15) is 0 Å². The summed E-state index contributed by atoms with van der Waals surface area (Å²) in [7, 11) is 0. The Kier molecular flexibility index (Phi) is 271. The Hall–Kier alpha value is 1.58. The number of hydrogen-bond acceptors (Lipinski definition) is 1. The van der Waals surface area contributed by atoms with Crippen molar-refractivity contribution in [1.29, 1.82) is 0 Å². The molecule has 0 aromatic carbocycles. The summed E-state index contributed by atoms with van der Waals surface area (Å²) in [5.41, 5.74) is 0. The molecule has 0 aliphatic heterocycles. The Balaban J connectivity index is -0.00000000333. The van der Waals surface area contributed by atoms with E-state index >= 15 is 0 Å². The first-order chi connectivity index (χ1) is 1.41. The van der Waals surface area contributed by atoms with E-state index in [4.69, 9.17) is 7.30 Å². The Morgan fingerprint density at radius 1 is 1.00 bits per heavy atom. The van der Waals surface area contributed by atoms with E-state index < -0.39 is 18.3 Å². The summed E-state index contributed by atoms with van der Waals surface area (Å²) in [4.78, 5) is 0. The average Bonchev–Trinajstić information content (AvgIpc) is 0.918. The fourth-order valence-corrected chi connectivity index (χ4v) is 0. The van der Waals surface area contributed by atoms with Crippen molar-refractivity contribution in [3.05, 3.63) is 0 Å². The van der Waals surface area contributed by atoms with Gasteiger partial charge in [0.2, 0.25) is 0 Å². The Bertz CT molecular complexity index is 17.2. The van der Waals surface area contributed by atoms with Gasteiger partial charge in [0.15, 0.2) is 0 Å². The standard InChI is InChI=1S/4ClH.H2O.O.Re/h4*1H;1H2;;/q;;;;;;+1/p-1. The quantitative estimate of drug-likeness (QED) is 0.696. The number of halogens is 4. The molecule has 0 bridgehead atoms. The summed E-state index contributed by atoms with van der Waals surface area (Å²) in [6.07, 6.45) is 0. The van der Waals surface area contributed by atoms with Crippen molar-refractivity contribution in [3.63, 3.8) is 0 Å². The van der Waals surface area contributed by atoms with Crippen LogP contribution in [0, 0.1) is 0 Å². The monoisotopic (exact) mass is 364 g/mol. The second kappa shape index (κ2) is 49.3. The van der Waals surface area contributed by atoms with E-state index in [1.54, 1.807) is 0 Å².